The summed E-state index contributed by atoms with van der Waals surface area (Å²) in [6.45, 7) is 6.41. The van der Waals surface area contributed by atoms with Crippen molar-refractivity contribution in [3.63, 3.8) is 0 Å². The molecule has 1 radical (unpaired) electrons. The van der Waals surface area contributed by atoms with Gasteiger partial charge in [-0.25, -0.2) is 0 Å². The van der Waals surface area contributed by atoms with Crippen LogP contribution in [0.15, 0.2) is 18.2 Å². The minimum absolute atomic E-state index is 0.184. The smallest absolute Gasteiger partial charge is 0.236 e. The lowest BCUT2D eigenvalue weighted by atomic mass is 10.1. The lowest BCUT2D eigenvalue weighted by molar-refractivity contribution is -0.136. The summed E-state index contributed by atoms with van der Waals surface area (Å²) >= 11 is 0. The van der Waals surface area contributed by atoms with Gasteiger partial charge in [0.2, 0.25) is 5.91 Å². The number of hydrogen-bond acceptors (Lipinski definition) is 5. The van der Waals surface area contributed by atoms with E-state index in [0.29, 0.717) is 38.4 Å². The molecule has 0 unspecified atom stereocenters. The Balaban J connectivity index is 1.52. The Hall–Kier alpha value is -1.92. The van der Waals surface area contributed by atoms with E-state index in [2.05, 4.69) is 15.9 Å². The summed E-state index contributed by atoms with van der Waals surface area (Å²) in [6.07, 6.45) is 0.886. The number of carbonyl (C=O) groups is 2. The van der Waals surface area contributed by atoms with E-state index in [1.54, 1.807) is 12.1 Å². The summed E-state index contributed by atoms with van der Waals surface area (Å²) < 4.78 is 5.28. The SMILES string of the molecule is O=Cc1cc[c]cc1N1CCN(CC(=O)N2CCOCC2)CC1. The van der Waals surface area contributed by atoms with Crippen molar-refractivity contribution < 1.29 is 14.3 Å². The van der Waals surface area contributed by atoms with Crippen molar-refractivity contribution in [3.05, 3.63) is 29.8 Å². The maximum Gasteiger partial charge on any atom is 0.236 e. The number of aldehydes is 1. The molecule has 123 valence electrons. The lowest BCUT2D eigenvalue weighted by Gasteiger charge is -2.37. The average molecular weight is 316 g/mol. The molecule has 6 heteroatoms. The standard InChI is InChI=1S/C17H22N3O3/c21-14-15-3-1-2-4-16(15)19-7-5-18(6-8-19)13-17(22)20-9-11-23-12-10-20/h1,3-4,14H,5-13H2. The minimum atomic E-state index is 0.184. The first kappa shape index (κ1) is 16.0. The maximum absolute atomic E-state index is 12.3. The van der Waals surface area contributed by atoms with Gasteiger partial charge in [-0.05, 0) is 18.2 Å². The molecule has 2 aliphatic rings. The third kappa shape index (κ3) is 3.89. The van der Waals surface area contributed by atoms with E-state index in [1.807, 2.05) is 11.0 Å². The molecule has 23 heavy (non-hydrogen) atoms. The number of amides is 1. The fraction of sp³-hybridized carbons (Fsp3) is 0.529. The highest BCUT2D eigenvalue weighted by Crippen LogP contribution is 2.20. The summed E-state index contributed by atoms with van der Waals surface area (Å²) in [5, 5.41) is 0. The number of benzene rings is 1. The maximum atomic E-state index is 12.3. The second-order valence-electron chi connectivity index (χ2n) is 5.86. The van der Waals surface area contributed by atoms with Crippen LogP contribution in [0.3, 0.4) is 0 Å². The summed E-state index contributed by atoms with van der Waals surface area (Å²) in [7, 11) is 0. The van der Waals surface area contributed by atoms with Gasteiger partial charge in [-0.1, -0.05) is 6.07 Å². The summed E-state index contributed by atoms with van der Waals surface area (Å²) in [6, 6.07) is 8.43. The van der Waals surface area contributed by atoms with Crippen LogP contribution < -0.4 is 4.90 Å². The molecule has 2 fully saturated rings. The molecule has 2 aliphatic heterocycles. The van der Waals surface area contributed by atoms with Crippen LogP contribution in [0, 0.1) is 6.07 Å². The van der Waals surface area contributed by atoms with E-state index in [-0.39, 0.29) is 5.91 Å². The Morgan fingerprint density at radius 3 is 2.61 bits per heavy atom. The molecule has 6 nitrogen and oxygen atoms in total. The van der Waals surface area contributed by atoms with Crippen molar-refractivity contribution >= 4 is 17.9 Å². The Morgan fingerprint density at radius 1 is 1.17 bits per heavy atom. The zero-order chi connectivity index (χ0) is 16.1. The molecule has 1 aromatic rings. The fourth-order valence-electron chi connectivity index (χ4n) is 3.06. The van der Waals surface area contributed by atoms with Crippen LogP contribution in [0.1, 0.15) is 10.4 Å². The number of carbonyl (C=O) groups excluding carboxylic acids is 2. The first-order valence-electron chi connectivity index (χ1n) is 8.06. The number of hydrogen-bond donors (Lipinski definition) is 0. The van der Waals surface area contributed by atoms with Gasteiger partial charge < -0.3 is 14.5 Å². The predicted octanol–water partition coefficient (Wildman–Crippen LogP) is 0.280. The number of anilines is 1. The van der Waals surface area contributed by atoms with E-state index in [4.69, 9.17) is 4.74 Å². The van der Waals surface area contributed by atoms with Gasteiger partial charge in [-0.2, -0.15) is 0 Å². The third-order valence-corrected chi connectivity index (χ3v) is 4.44. The molecule has 2 heterocycles. The predicted molar refractivity (Wildman–Crippen MR) is 86.7 cm³/mol. The number of ether oxygens (including phenoxy) is 1. The normalized spacial score (nSPS) is 19.7. The molecule has 0 saturated carbocycles. The Morgan fingerprint density at radius 2 is 1.91 bits per heavy atom. The molecule has 0 aliphatic carbocycles. The topological polar surface area (TPSA) is 53.1 Å². The van der Waals surface area contributed by atoms with Crippen molar-refractivity contribution in [2.45, 2.75) is 0 Å². The molecule has 0 N–H and O–H groups in total. The van der Waals surface area contributed by atoms with E-state index in [1.165, 1.54) is 0 Å². The molecule has 0 atom stereocenters. The van der Waals surface area contributed by atoms with Gasteiger partial charge in [0.05, 0.1) is 19.8 Å². The molecule has 0 bridgehead atoms. The molecule has 1 aromatic carbocycles. The van der Waals surface area contributed by atoms with Gasteiger partial charge in [0, 0.05) is 50.5 Å². The van der Waals surface area contributed by atoms with Crippen LogP contribution in [-0.4, -0.2) is 81.0 Å². The molecular weight excluding hydrogens is 294 g/mol. The number of rotatable bonds is 4. The van der Waals surface area contributed by atoms with Gasteiger partial charge in [-0.15, -0.1) is 0 Å². The Bertz CT molecular complexity index is 550. The van der Waals surface area contributed by atoms with Crippen molar-refractivity contribution in [3.8, 4) is 0 Å². The van der Waals surface area contributed by atoms with Gasteiger partial charge in [-0.3, -0.25) is 14.5 Å². The molecule has 2 saturated heterocycles. The molecule has 3 rings (SSSR count). The first-order chi connectivity index (χ1) is 11.3. The van der Waals surface area contributed by atoms with Crippen LogP contribution in [0.5, 0.6) is 0 Å². The van der Waals surface area contributed by atoms with Crippen molar-refractivity contribution in [1.82, 2.24) is 9.80 Å². The zero-order valence-electron chi connectivity index (χ0n) is 13.2. The average Bonchev–Trinajstić information content (AvgIpc) is 2.63. The molecule has 0 aromatic heterocycles. The van der Waals surface area contributed by atoms with Crippen LogP contribution in [0.2, 0.25) is 0 Å². The second-order valence-corrected chi connectivity index (χ2v) is 5.86. The number of piperazine rings is 1. The van der Waals surface area contributed by atoms with Gasteiger partial charge >= 0.3 is 0 Å². The highest BCUT2D eigenvalue weighted by atomic mass is 16.5. The summed E-state index contributed by atoms with van der Waals surface area (Å²) in [5.74, 6) is 0.184. The molecule has 1 amide bonds. The van der Waals surface area contributed by atoms with E-state index < -0.39 is 0 Å². The monoisotopic (exact) mass is 316 g/mol. The second kappa shape index (κ2) is 7.57. The number of morpholine rings is 1. The van der Waals surface area contributed by atoms with Gasteiger partial charge in [0.1, 0.15) is 0 Å². The lowest BCUT2D eigenvalue weighted by Crippen LogP contribution is -2.51. The summed E-state index contributed by atoms with van der Waals surface area (Å²) in [4.78, 5) is 29.7. The van der Waals surface area contributed by atoms with Crippen LogP contribution >= 0.6 is 0 Å². The van der Waals surface area contributed by atoms with Crippen molar-refractivity contribution in [1.29, 1.82) is 0 Å². The Kier molecular flexibility index (Phi) is 5.25. The van der Waals surface area contributed by atoms with Crippen LogP contribution in [-0.2, 0) is 9.53 Å². The zero-order valence-corrected chi connectivity index (χ0v) is 13.2. The van der Waals surface area contributed by atoms with Crippen molar-refractivity contribution in [2.75, 3.05) is 63.9 Å². The molecular formula is C17H22N3O3. The summed E-state index contributed by atoms with van der Waals surface area (Å²) in [5.41, 5.74) is 1.63. The van der Waals surface area contributed by atoms with Crippen LogP contribution in [0.4, 0.5) is 5.69 Å². The molecule has 0 spiro atoms. The highest BCUT2D eigenvalue weighted by molar-refractivity contribution is 5.84. The first-order valence-corrected chi connectivity index (χ1v) is 8.06. The van der Waals surface area contributed by atoms with E-state index in [0.717, 1.165) is 38.2 Å². The van der Waals surface area contributed by atoms with Crippen LogP contribution in [0.25, 0.3) is 0 Å². The quantitative estimate of drug-likeness (QED) is 0.747. The minimum Gasteiger partial charge on any atom is -0.378 e. The largest absolute Gasteiger partial charge is 0.378 e. The van der Waals surface area contributed by atoms with Gasteiger partial charge in [0.15, 0.2) is 6.29 Å². The number of nitrogens with zero attached hydrogens (tertiary/aromatic N) is 3. The van der Waals surface area contributed by atoms with Gasteiger partial charge in [0.25, 0.3) is 0 Å². The third-order valence-electron chi connectivity index (χ3n) is 4.44. The van der Waals surface area contributed by atoms with E-state index >= 15 is 0 Å². The van der Waals surface area contributed by atoms with E-state index in [9.17, 15) is 9.59 Å². The fourth-order valence-corrected chi connectivity index (χ4v) is 3.06. The Labute approximate surface area is 136 Å². The highest BCUT2D eigenvalue weighted by Gasteiger charge is 2.23. The van der Waals surface area contributed by atoms with Crippen molar-refractivity contribution in [2.24, 2.45) is 0 Å².